The van der Waals surface area contributed by atoms with Crippen LogP contribution in [0.15, 0.2) is 41.7 Å². The van der Waals surface area contributed by atoms with E-state index in [9.17, 15) is 9.59 Å². The van der Waals surface area contributed by atoms with E-state index in [1.807, 2.05) is 30.3 Å². The third-order valence-corrected chi connectivity index (χ3v) is 2.96. The Morgan fingerprint density at radius 1 is 1.32 bits per heavy atom. The fourth-order valence-corrected chi connectivity index (χ4v) is 1.82. The molecule has 0 aliphatic carbocycles. The van der Waals surface area contributed by atoms with Crippen LogP contribution in [0.3, 0.4) is 0 Å². The number of carbonyl (C=O) groups is 2. The minimum Gasteiger partial charge on any atom is -0.499 e. The van der Waals surface area contributed by atoms with Crippen LogP contribution >= 0.6 is 0 Å². The first-order valence-corrected chi connectivity index (χ1v) is 5.89. The van der Waals surface area contributed by atoms with Crippen LogP contribution in [0.5, 0.6) is 0 Å². The first-order chi connectivity index (χ1) is 9.13. The van der Waals surface area contributed by atoms with Gasteiger partial charge in [-0.05, 0) is 12.5 Å². The van der Waals surface area contributed by atoms with Crippen molar-refractivity contribution >= 4 is 12.0 Å². The van der Waals surface area contributed by atoms with Gasteiger partial charge in [0.15, 0.2) is 0 Å². The lowest BCUT2D eigenvalue weighted by molar-refractivity contribution is -0.124. The average Bonchev–Trinajstić information content (AvgIpc) is 2.73. The minimum atomic E-state index is -0.653. The third kappa shape index (κ3) is 2.76. The fourth-order valence-electron chi connectivity index (χ4n) is 1.82. The molecule has 0 radical (unpaired) electrons. The van der Waals surface area contributed by atoms with Gasteiger partial charge >= 0.3 is 6.09 Å². The summed E-state index contributed by atoms with van der Waals surface area (Å²) in [6.45, 7) is 1.91. The molecule has 2 rings (SSSR count). The quantitative estimate of drug-likeness (QED) is 0.836. The van der Waals surface area contributed by atoms with Gasteiger partial charge in [0.25, 0.3) is 5.91 Å². The van der Waals surface area contributed by atoms with Crippen LogP contribution in [0.4, 0.5) is 4.79 Å². The Labute approximate surface area is 111 Å². The number of rotatable bonds is 3. The van der Waals surface area contributed by atoms with Crippen LogP contribution in [-0.4, -0.2) is 30.6 Å². The standard InChI is InChI=1S/C14H15NO4/c1-10-12(18-2)8-15(13(10)16)14(17)19-9-11-6-4-3-5-7-11/h3-7H,8-9H2,1-2H3. The molecule has 0 saturated carbocycles. The fraction of sp³-hybridized carbons (Fsp3) is 0.286. The maximum Gasteiger partial charge on any atom is 0.417 e. The molecule has 5 nitrogen and oxygen atoms in total. The number of amides is 2. The Bertz CT molecular complexity index is 522. The van der Waals surface area contributed by atoms with Crippen molar-refractivity contribution in [3.05, 3.63) is 47.2 Å². The molecule has 0 fully saturated rings. The maximum atomic E-state index is 11.8. The molecule has 1 aliphatic heterocycles. The zero-order chi connectivity index (χ0) is 13.8. The predicted molar refractivity (Wildman–Crippen MR) is 68.0 cm³/mol. The molecule has 0 saturated heterocycles. The van der Waals surface area contributed by atoms with Gasteiger partial charge in [-0.25, -0.2) is 9.69 Å². The minimum absolute atomic E-state index is 0.134. The molecule has 0 aromatic heterocycles. The summed E-state index contributed by atoms with van der Waals surface area (Å²) in [5.74, 6) is 0.136. The summed E-state index contributed by atoms with van der Waals surface area (Å²) in [7, 11) is 1.48. The van der Waals surface area contributed by atoms with Gasteiger partial charge in [0.2, 0.25) is 0 Å². The van der Waals surface area contributed by atoms with Crippen LogP contribution in [0.25, 0.3) is 0 Å². The van der Waals surface area contributed by atoms with Crippen LogP contribution in [-0.2, 0) is 20.9 Å². The zero-order valence-electron chi connectivity index (χ0n) is 10.9. The van der Waals surface area contributed by atoms with Gasteiger partial charge in [-0.1, -0.05) is 30.3 Å². The number of methoxy groups -OCH3 is 1. The topological polar surface area (TPSA) is 55.8 Å². The van der Waals surface area contributed by atoms with Crippen LogP contribution in [0.2, 0.25) is 0 Å². The lowest BCUT2D eigenvalue weighted by Crippen LogP contribution is -2.34. The Balaban J connectivity index is 1.94. The highest BCUT2D eigenvalue weighted by Crippen LogP contribution is 2.20. The number of ether oxygens (including phenoxy) is 2. The van der Waals surface area contributed by atoms with E-state index in [0.29, 0.717) is 11.3 Å². The van der Waals surface area contributed by atoms with E-state index in [2.05, 4.69) is 0 Å². The summed E-state index contributed by atoms with van der Waals surface area (Å²) in [6, 6.07) is 9.30. The van der Waals surface area contributed by atoms with E-state index in [-0.39, 0.29) is 19.1 Å². The van der Waals surface area contributed by atoms with E-state index >= 15 is 0 Å². The Morgan fingerprint density at radius 3 is 2.58 bits per heavy atom. The summed E-state index contributed by atoms with van der Waals surface area (Å²) in [5, 5.41) is 0. The van der Waals surface area contributed by atoms with Gasteiger partial charge in [-0.2, -0.15) is 0 Å². The summed E-state index contributed by atoms with van der Waals surface area (Å²) in [4.78, 5) is 24.7. The van der Waals surface area contributed by atoms with Crippen LogP contribution < -0.4 is 0 Å². The maximum absolute atomic E-state index is 11.8. The number of hydrogen-bond donors (Lipinski definition) is 0. The molecule has 1 aliphatic rings. The molecule has 100 valence electrons. The van der Waals surface area contributed by atoms with Gasteiger partial charge in [0.1, 0.15) is 12.4 Å². The first-order valence-electron chi connectivity index (χ1n) is 5.89. The molecule has 19 heavy (non-hydrogen) atoms. The number of carbonyl (C=O) groups excluding carboxylic acids is 2. The second-order valence-electron chi connectivity index (χ2n) is 4.18. The van der Waals surface area contributed by atoms with Gasteiger partial charge in [0.05, 0.1) is 19.2 Å². The summed E-state index contributed by atoms with van der Waals surface area (Å²) in [5.41, 5.74) is 1.32. The molecule has 0 N–H and O–H groups in total. The largest absolute Gasteiger partial charge is 0.499 e. The molecule has 1 aromatic carbocycles. The van der Waals surface area contributed by atoms with E-state index in [1.54, 1.807) is 6.92 Å². The molecule has 2 amide bonds. The smallest absolute Gasteiger partial charge is 0.417 e. The highest BCUT2D eigenvalue weighted by atomic mass is 16.6. The van der Waals surface area contributed by atoms with Crippen LogP contribution in [0.1, 0.15) is 12.5 Å². The molecule has 0 unspecified atom stereocenters. The summed E-state index contributed by atoms with van der Waals surface area (Å²) >= 11 is 0. The van der Waals surface area contributed by atoms with E-state index in [4.69, 9.17) is 9.47 Å². The highest BCUT2D eigenvalue weighted by molar-refractivity contribution is 6.04. The zero-order valence-corrected chi connectivity index (χ0v) is 10.9. The molecule has 1 heterocycles. The molecule has 5 heteroatoms. The average molecular weight is 261 g/mol. The van der Waals surface area contributed by atoms with Crippen molar-refractivity contribution in [1.82, 2.24) is 4.90 Å². The van der Waals surface area contributed by atoms with Gasteiger partial charge in [0, 0.05) is 0 Å². The lowest BCUT2D eigenvalue weighted by Gasteiger charge is -2.14. The van der Waals surface area contributed by atoms with Crippen molar-refractivity contribution < 1.29 is 19.1 Å². The number of nitrogens with zero attached hydrogens (tertiary/aromatic N) is 1. The van der Waals surface area contributed by atoms with Crippen molar-refractivity contribution in [2.75, 3.05) is 13.7 Å². The van der Waals surface area contributed by atoms with Gasteiger partial charge in [-0.15, -0.1) is 0 Å². The van der Waals surface area contributed by atoms with E-state index in [0.717, 1.165) is 10.5 Å². The van der Waals surface area contributed by atoms with Crippen molar-refractivity contribution in [2.24, 2.45) is 0 Å². The highest BCUT2D eigenvalue weighted by Gasteiger charge is 2.33. The molecular weight excluding hydrogens is 246 g/mol. The normalized spacial score (nSPS) is 14.8. The second-order valence-corrected chi connectivity index (χ2v) is 4.18. The molecule has 0 bridgehead atoms. The molecule has 0 spiro atoms. The number of benzene rings is 1. The van der Waals surface area contributed by atoms with E-state index < -0.39 is 6.09 Å². The summed E-state index contributed by atoms with van der Waals surface area (Å²) in [6.07, 6.45) is -0.653. The second kappa shape index (κ2) is 5.56. The molecule has 0 atom stereocenters. The van der Waals surface area contributed by atoms with Crippen molar-refractivity contribution in [3.8, 4) is 0 Å². The Morgan fingerprint density at radius 2 is 2.00 bits per heavy atom. The number of hydrogen-bond acceptors (Lipinski definition) is 4. The van der Waals surface area contributed by atoms with Crippen molar-refractivity contribution in [1.29, 1.82) is 0 Å². The van der Waals surface area contributed by atoms with Crippen molar-refractivity contribution in [2.45, 2.75) is 13.5 Å². The van der Waals surface area contributed by atoms with Crippen LogP contribution in [0, 0.1) is 0 Å². The Hall–Kier alpha value is -2.30. The predicted octanol–water partition coefficient (Wildman–Crippen LogP) is 2.09. The lowest BCUT2D eigenvalue weighted by atomic mass is 10.2. The Kier molecular flexibility index (Phi) is 3.85. The van der Waals surface area contributed by atoms with Crippen molar-refractivity contribution in [3.63, 3.8) is 0 Å². The third-order valence-electron chi connectivity index (χ3n) is 2.96. The monoisotopic (exact) mass is 261 g/mol. The van der Waals surface area contributed by atoms with E-state index in [1.165, 1.54) is 7.11 Å². The SMILES string of the molecule is COC1=C(C)C(=O)N(C(=O)OCc2ccccc2)C1. The molecular formula is C14H15NO4. The molecule has 1 aromatic rings. The summed E-state index contributed by atoms with van der Waals surface area (Å²) < 4.78 is 10.2. The first kappa shape index (κ1) is 13.1. The number of imide groups is 1. The van der Waals surface area contributed by atoms with Gasteiger partial charge in [-0.3, -0.25) is 4.79 Å². The van der Waals surface area contributed by atoms with Gasteiger partial charge < -0.3 is 9.47 Å².